The van der Waals surface area contributed by atoms with E-state index in [1.807, 2.05) is 6.92 Å². The van der Waals surface area contributed by atoms with Crippen molar-refractivity contribution in [2.24, 2.45) is 5.92 Å². The van der Waals surface area contributed by atoms with Gasteiger partial charge in [-0.3, -0.25) is 10.4 Å². The molecule has 2 heterocycles. The number of aromatic nitrogens is 3. The third kappa shape index (κ3) is 3.84. The van der Waals surface area contributed by atoms with Crippen molar-refractivity contribution in [1.82, 2.24) is 20.5 Å². The average molecular weight is 347 g/mol. The molecule has 136 valence electrons. The van der Waals surface area contributed by atoms with E-state index < -0.39 is 0 Å². The van der Waals surface area contributed by atoms with Crippen molar-refractivity contribution in [2.75, 3.05) is 12.4 Å². The number of carbonyl (C=O) groups is 1. The molecule has 1 atom stereocenters. The first-order chi connectivity index (χ1) is 12.1. The van der Waals surface area contributed by atoms with Gasteiger partial charge < -0.3 is 15.2 Å². The fourth-order valence-electron chi connectivity index (χ4n) is 3.53. The van der Waals surface area contributed by atoms with Gasteiger partial charge in [0.05, 0.1) is 30.3 Å². The van der Waals surface area contributed by atoms with Gasteiger partial charge in [0.25, 0.3) is 0 Å². The van der Waals surface area contributed by atoms with Crippen LogP contribution in [0.1, 0.15) is 44.7 Å². The lowest BCUT2D eigenvalue weighted by molar-refractivity contribution is 0.235. The van der Waals surface area contributed by atoms with Crippen LogP contribution in [0, 0.1) is 5.92 Å². The lowest BCUT2D eigenvalue weighted by Crippen LogP contribution is -2.41. The van der Waals surface area contributed by atoms with E-state index in [9.17, 15) is 9.90 Å². The molecule has 0 bridgehead atoms. The van der Waals surface area contributed by atoms with E-state index in [0.29, 0.717) is 34.2 Å². The van der Waals surface area contributed by atoms with Crippen molar-refractivity contribution < 1.29 is 14.6 Å². The van der Waals surface area contributed by atoms with Crippen molar-refractivity contribution in [1.29, 1.82) is 0 Å². The van der Waals surface area contributed by atoms with Crippen LogP contribution < -0.4 is 15.4 Å². The van der Waals surface area contributed by atoms with Gasteiger partial charge in [-0.2, -0.15) is 0 Å². The highest BCUT2D eigenvalue weighted by Crippen LogP contribution is 2.28. The Morgan fingerprint density at radius 2 is 2.20 bits per heavy atom. The molecule has 2 aromatic heterocycles. The number of carbonyl (C=O) groups excluding carboxylic acids is 1. The number of nitrogens with zero attached hydrogens (tertiary/aromatic N) is 2. The Morgan fingerprint density at radius 1 is 1.44 bits per heavy atom. The zero-order valence-electron chi connectivity index (χ0n) is 14.6. The van der Waals surface area contributed by atoms with Crippen LogP contribution in [-0.4, -0.2) is 39.5 Å². The summed E-state index contributed by atoms with van der Waals surface area (Å²) in [7, 11) is 1.50. The van der Waals surface area contributed by atoms with Crippen LogP contribution in [0.4, 0.5) is 10.6 Å². The molecule has 0 radical (unpaired) electrons. The number of amides is 2. The number of hydrogen-bond acceptors (Lipinski definition) is 5. The Kier molecular flexibility index (Phi) is 5.37. The Balaban J connectivity index is 1.70. The van der Waals surface area contributed by atoms with Crippen LogP contribution in [-0.2, 0) is 6.61 Å². The topological polar surface area (TPSA) is 112 Å². The first-order valence-corrected chi connectivity index (χ1v) is 8.72. The Morgan fingerprint density at radius 3 is 2.88 bits per heavy atom. The third-order valence-electron chi connectivity index (χ3n) is 4.89. The number of aliphatic hydroxyl groups is 1. The summed E-state index contributed by atoms with van der Waals surface area (Å²) in [6.07, 6.45) is 6.08. The molecule has 1 aliphatic carbocycles. The predicted molar refractivity (Wildman–Crippen MR) is 94.6 cm³/mol. The summed E-state index contributed by atoms with van der Waals surface area (Å²) < 4.78 is 5.16. The number of aliphatic hydroxyl groups excluding tert-OH is 1. The number of methoxy groups -OCH3 is 1. The quantitative estimate of drug-likeness (QED) is 0.664. The highest BCUT2D eigenvalue weighted by atomic mass is 16.5. The zero-order chi connectivity index (χ0) is 17.8. The summed E-state index contributed by atoms with van der Waals surface area (Å²) in [6.45, 7) is 1.77. The number of aromatic amines is 1. The van der Waals surface area contributed by atoms with Gasteiger partial charge in [-0.25, -0.2) is 9.78 Å². The average Bonchev–Trinajstić information content (AvgIpc) is 3.04. The van der Waals surface area contributed by atoms with Crippen molar-refractivity contribution in [3.63, 3.8) is 0 Å². The van der Waals surface area contributed by atoms with Gasteiger partial charge in [-0.15, -0.1) is 5.10 Å². The fourth-order valence-corrected chi connectivity index (χ4v) is 3.53. The predicted octanol–water partition coefficient (Wildman–Crippen LogP) is 2.55. The molecule has 1 aliphatic rings. The first-order valence-electron chi connectivity index (χ1n) is 8.72. The van der Waals surface area contributed by atoms with Crippen molar-refractivity contribution in [3.8, 4) is 5.88 Å². The monoisotopic (exact) mass is 347 g/mol. The highest BCUT2D eigenvalue weighted by Gasteiger charge is 2.22. The smallest absolute Gasteiger partial charge is 0.320 e. The van der Waals surface area contributed by atoms with Gasteiger partial charge >= 0.3 is 6.03 Å². The molecule has 0 aliphatic heterocycles. The molecular weight excluding hydrogens is 322 g/mol. The lowest BCUT2D eigenvalue weighted by atomic mass is 9.85. The SMILES string of the molecule is COc1n[nH]c2cc(NC(=O)NC(C)C3CCCCC3)nc(CO)c12. The summed E-state index contributed by atoms with van der Waals surface area (Å²) in [5.74, 6) is 1.25. The second-order valence-electron chi connectivity index (χ2n) is 6.55. The number of hydrogen-bond donors (Lipinski definition) is 4. The summed E-state index contributed by atoms with van der Waals surface area (Å²) in [5.41, 5.74) is 1.05. The molecule has 2 amide bonds. The standard InChI is InChI=1S/C17H25N5O3/c1-10(11-6-4-3-5-7-11)18-17(24)20-14-8-12-15(13(9-23)19-14)16(25-2)22-21-12/h8,10-11,23H,3-7,9H2,1-2H3,(H,21,22)(H2,18,19,20,24). The second kappa shape index (κ2) is 7.69. The minimum atomic E-state index is -0.291. The maximum Gasteiger partial charge on any atom is 0.320 e. The maximum atomic E-state index is 12.3. The number of pyridine rings is 1. The third-order valence-corrected chi connectivity index (χ3v) is 4.89. The summed E-state index contributed by atoms with van der Waals surface area (Å²) in [6, 6.07) is 1.50. The van der Waals surface area contributed by atoms with Crippen LogP contribution >= 0.6 is 0 Å². The normalized spacial score (nSPS) is 16.6. The summed E-state index contributed by atoms with van der Waals surface area (Å²) in [5, 5.41) is 22.8. The lowest BCUT2D eigenvalue weighted by Gasteiger charge is -2.28. The van der Waals surface area contributed by atoms with Crippen molar-refractivity contribution in [2.45, 2.75) is 51.7 Å². The number of anilines is 1. The van der Waals surface area contributed by atoms with Gasteiger partial charge in [-0.1, -0.05) is 19.3 Å². The number of urea groups is 1. The second-order valence-corrected chi connectivity index (χ2v) is 6.55. The molecule has 1 saturated carbocycles. The van der Waals surface area contributed by atoms with E-state index in [1.54, 1.807) is 6.07 Å². The van der Waals surface area contributed by atoms with Crippen molar-refractivity contribution in [3.05, 3.63) is 11.8 Å². The number of H-pyrrole nitrogens is 1. The van der Waals surface area contributed by atoms with E-state index in [2.05, 4.69) is 25.8 Å². The van der Waals surface area contributed by atoms with Gasteiger partial charge in [-0.05, 0) is 25.7 Å². The van der Waals surface area contributed by atoms with Crippen molar-refractivity contribution >= 4 is 22.8 Å². The molecule has 4 N–H and O–H groups in total. The van der Waals surface area contributed by atoms with Gasteiger partial charge in [0.15, 0.2) is 0 Å². The molecule has 0 aromatic carbocycles. The van der Waals surface area contributed by atoms with Crippen LogP contribution in [0.25, 0.3) is 10.9 Å². The first kappa shape index (κ1) is 17.5. The maximum absolute atomic E-state index is 12.3. The van der Waals surface area contributed by atoms with Gasteiger partial charge in [0.1, 0.15) is 5.82 Å². The van der Waals surface area contributed by atoms with Gasteiger partial charge in [0, 0.05) is 12.1 Å². The molecule has 8 heteroatoms. The molecule has 25 heavy (non-hydrogen) atoms. The zero-order valence-corrected chi connectivity index (χ0v) is 14.6. The van der Waals surface area contributed by atoms with E-state index >= 15 is 0 Å². The number of fused-ring (bicyclic) bond motifs is 1. The van der Waals surface area contributed by atoms with E-state index in [4.69, 9.17) is 4.74 Å². The van der Waals surface area contributed by atoms with E-state index in [1.165, 1.54) is 26.4 Å². The number of nitrogens with one attached hydrogen (secondary N) is 3. The number of ether oxygens (including phenoxy) is 1. The van der Waals surface area contributed by atoms with Crippen LogP contribution in [0.3, 0.4) is 0 Å². The summed E-state index contributed by atoms with van der Waals surface area (Å²) >= 11 is 0. The molecule has 1 unspecified atom stereocenters. The summed E-state index contributed by atoms with van der Waals surface area (Å²) in [4.78, 5) is 16.6. The van der Waals surface area contributed by atoms with Crippen LogP contribution in [0.15, 0.2) is 6.07 Å². The Hall–Kier alpha value is -2.35. The number of rotatable bonds is 5. The van der Waals surface area contributed by atoms with E-state index in [0.717, 1.165) is 12.8 Å². The Labute approximate surface area is 146 Å². The van der Waals surface area contributed by atoms with Gasteiger partial charge in [0.2, 0.25) is 5.88 Å². The Bertz CT molecular complexity index is 739. The minimum absolute atomic E-state index is 0.119. The van der Waals surface area contributed by atoms with Crippen LogP contribution in [0.5, 0.6) is 5.88 Å². The molecule has 0 spiro atoms. The molecule has 1 fully saturated rings. The largest absolute Gasteiger partial charge is 0.479 e. The molecule has 8 nitrogen and oxygen atoms in total. The highest BCUT2D eigenvalue weighted by molar-refractivity contribution is 5.93. The molecule has 2 aromatic rings. The van der Waals surface area contributed by atoms with E-state index in [-0.39, 0.29) is 18.7 Å². The molecule has 0 saturated heterocycles. The molecular formula is C17H25N5O3. The van der Waals surface area contributed by atoms with Crippen LogP contribution in [0.2, 0.25) is 0 Å². The minimum Gasteiger partial charge on any atom is -0.479 e. The molecule has 3 rings (SSSR count). The fraction of sp³-hybridized carbons (Fsp3) is 0.588.